The van der Waals surface area contributed by atoms with E-state index in [2.05, 4.69) is 80.5 Å². The van der Waals surface area contributed by atoms with Gasteiger partial charge in [-0.1, -0.05) is 13.8 Å². The average molecular weight is 383 g/mol. The van der Waals surface area contributed by atoms with E-state index in [0.29, 0.717) is 0 Å². The molecule has 152 valence electrons. The third-order valence-corrected chi connectivity index (χ3v) is 5.24. The predicted octanol–water partition coefficient (Wildman–Crippen LogP) is 3.75. The van der Waals surface area contributed by atoms with Gasteiger partial charge in [0.1, 0.15) is 11.6 Å². The van der Waals surface area contributed by atoms with Crippen molar-refractivity contribution in [1.29, 1.82) is 0 Å². The lowest BCUT2D eigenvalue weighted by Gasteiger charge is -2.26. The maximum atomic E-state index is 4.92. The third-order valence-electron chi connectivity index (χ3n) is 5.24. The SMILES string of the molecule is CCCN(CCC)c1cc(C)nc2c(C3=C(C)C=C(N(C)C)NC3)c(C)nn12. The first-order valence-corrected chi connectivity index (χ1v) is 10.3. The van der Waals surface area contributed by atoms with E-state index in [9.17, 15) is 0 Å². The average Bonchev–Trinajstić information content (AvgIpc) is 2.96. The number of nitrogens with zero attached hydrogens (tertiary/aromatic N) is 5. The quantitative estimate of drug-likeness (QED) is 0.790. The van der Waals surface area contributed by atoms with Crippen LogP contribution >= 0.6 is 0 Å². The van der Waals surface area contributed by atoms with E-state index in [-0.39, 0.29) is 0 Å². The van der Waals surface area contributed by atoms with Gasteiger partial charge in [-0.15, -0.1) is 0 Å². The van der Waals surface area contributed by atoms with Crippen molar-refractivity contribution in [2.24, 2.45) is 0 Å². The van der Waals surface area contributed by atoms with Gasteiger partial charge in [0.05, 0.1) is 5.69 Å². The normalized spacial score (nSPS) is 14.3. The molecule has 28 heavy (non-hydrogen) atoms. The largest absolute Gasteiger partial charge is 0.368 e. The number of fused-ring (bicyclic) bond motifs is 1. The van der Waals surface area contributed by atoms with Gasteiger partial charge in [0, 0.05) is 51.1 Å². The first-order chi connectivity index (χ1) is 13.4. The van der Waals surface area contributed by atoms with Gasteiger partial charge in [0.15, 0.2) is 5.65 Å². The highest BCUT2D eigenvalue weighted by Gasteiger charge is 2.23. The number of nitrogens with one attached hydrogen (secondary N) is 1. The number of aromatic nitrogens is 3. The van der Waals surface area contributed by atoms with Crippen LogP contribution in [-0.2, 0) is 0 Å². The van der Waals surface area contributed by atoms with Crippen molar-refractivity contribution in [3.8, 4) is 0 Å². The molecular weight excluding hydrogens is 348 g/mol. The monoisotopic (exact) mass is 382 g/mol. The van der Waals surface area contributed by atoms with Crippen molar-refractivity contribution < 1.29 is 0 Å². The molecule has 3 heterocycles. The van der Waals surface area contributed by atoms with Crippen LogP contribution in [0.4, 0.5) is 5.82 Å². The molecule has 0 spiro atoms. The lowest BCUT2D eigenvalue weighted by molar-refractivity contribution is 0.467. The van der Waals surface area contributed by atoms with Gasteiger partial charge in [-0.3, -0.25) is 0 Å². The number of allylic oxidation sites excluding steroid dienone is 2. The number of hydrogen-bond acceptors (Lipinski definition) is 5. The van der Waals surface area contributed by atoms with Gasteiger partial charge in [-0.05, 0) is 50.8 Å². The second-order valence-electron chi connectivity index (χ2n) is 7.88. The summed E-state index contributed by atoms with van der Waals surface area (Å²) in [6.45, 7) is 13.6. The molecular formula is C22H34N6. The zero-order valence-electron chi connectivity index (χ0n) is 18.4. The van der Waals surface area contributed by atoms with Crippen LogP contribution in [0.3, 0.4) is 0 Å². The maximum absolute atomic E-state index is 4.92. The van der Waals surface area contributed by atoms with E-state index in [1.165, 1.54) is 11.1 Å². The lowest BCUT2D eigenvalue weighted by Crippen LogP contribution is -2.30. The Kier molecular flexibility index (Phi) is 5.96. The molecule has 1 N–H and O–H groups in total. The molecule has 1 aliphatic rings. The molecule has 0 radical (unpaired) electrons. The molecule has 0 bridgehead atoms. The van der Waals surface area contributed by atoms with Crippen molar-refractivity contribution >= 4 is 17.0 Å². The maximum Gasteiger partial charge on any atom is 0.165 e. The van der Waals surface area contributed by atoms with Crippen LogP contribution in [0.2, 0.25) is 0 Å². The first kappa shape index (κ1) is 20.2. The van der Waals surface area contributed by atoms with E-state index < -0.39 is 0 Å². The summed E-state index contributed by atoms with van der Waals surface area (Å²) < 4.78 is 2.05. The van der Waals surface area contributed by atoms with Crippen LogP contribution in [0.25, 0.3) is 11.2 Å². The molecule has 0 saturated heterocycles. The minimum atomic E-state index is 0.788. The van der Waals surface area contributed by atoms with E-state index in [4.69, 9.17) is 10.1 Å². The molecule has 6 heteroatoms. The highest BCUT2D eigenvalue weighted by Crippen LogP contribution is 2.31. The number of aryl methyl sites for hydroxylation is 2. The summed E-state index contributed by atoms with van der Waals surface area (Å²) in [7, 11) is 4.12. The van der Waals surface area contributed by atoms with Gasteiger partial charge in [0.25, 0.3) is 0 Å². The van der Waals surface area contributed by atoms with Crippen molar-refractivity contribution in [2.45, 2.75) is 47.5 Å². The van der Waals surface area contributed by atoms with Gasteiger partial charge in [0.2, 0.25) is 0 Å². The highest BCUT2D eigenvalue weighted by molar-refractivity contribution is 5.83. The lowest BCUT2D eigenvalue weighted by atomic mass is 9.98. The minimum Gasteiger partial charge on any atom is -0.368 e. The molecule has 0 saturated carbocycles. The number of dihydropyridines is 1. The Morgan fingerprint density at radius 3 is 2.36 bits per heavy atom. The number of anilines is 1. The number of hydrogen-bond donors (Lipinski definition) is 1. The van der Waals surface area contributed by atoms with Crippen molar-refractivity contribution in [1.82, 2.24) is 24.8 Å². The topological polar surface area (TPSA) is 48.7 Å². The summed E-state index contributed by atoms with van der Waals surface area (Å²) in [6.07, 6.45) is 4.43. The van der Waals surface area contributed by atoms with Gasteiger partial charge < -0.3 is 15.1 Å². The Bertz CT molecular complexity index is 913. The minimum absolute atomic E-state index is 0.788. The summed E-state index contributed by atoms with van der Waals surface area (Å²) in [5.41, 5.74) is 6.74. The second-order valence-corrected chi connectivity index (χ2v) is 7.88. The third kappa shape index (κ3) is 3.73. The molecule has 2 aromatic rings. The van der Waals surface area contributed by atoms with Crippen LogP contribution in [0.1, 0.15) is 50.6 Å². The summed E-state index contributed by atoms with van der Waals surface area (Å²) in [6, 6.07) is 2.17. The molecule has 0 atom stereocenters. The van der Waals surface area contributed by atoms with E-state index in [1.807, 2.05) is 0 Å². The summed E-state index contributed by atoms with van der Waals surface area (Å²) >= 11 is 0. The fraction of sp³-hybridized carbons (Fsp3) is 0.545. The Morgan fingerprint density at radius 2 is 1.79 bits per heavy atom. The fourth-order valence-electron chi connectivity index (χ4n) is 3.92. The van der Waals surface area contributed by atoms with Gasteiger partial charge in [-0.25, -0.2) is 4.98 Å². The molecule has 2 aromatic heterocycles. The van der Waals surface area contributed by atoms with E-state index in [1.54, 1.807) is 0 Å². The zero-order valence-corrected chi connectivity index (χ0v) is 18.4. The zero-order chi connectivity index (χ0) is 20.4. The van der Waals surface area contributed by atoms with Crippen LogP contribution in [0, 0.1) is 13.8 Å². The van der Waals surface area contributed by atoms with Crippen LogP contribution < -0.4 is 10.2 Å². The van der Waals surface area contributed by atoms with Gasteiger partial charge >= 0.3 is 0 Å². The summed E-state index contributed by atoms with van der Waals surface area (Å²) in [5, 5.41) is 8.45. The summed E-state index contributed by atoms with van der Waals surface area (Å²) in [4.78, 5) is 9.45. The van der Waals surface area contributed by atoms with E-state index in [0.717, 1.165) is 66.7 Å². The molecule has 6 nitrogen and oxygen atoms in total. The molecule has 0 aliphatic carbocycles. The van der Waals surface area contributed by atoms with Crippen LogP contribution in [0.5, 0.6) is 0 Å². The van der Waals surface area contributed by atoms with Gasteiger partial charge in [-0.2, -0.15) is 9.61 Å². The molecule has 3 rings (SSSR count). The molecule has 0 unspecified atom stereocenters. The first-order valence-electron chi connectivity index (χ1n) is 10.3. The van der Waals surface area contributed by atoms with Crippen molar-refractivity contribution in [2.75, 3.05) is 38.6 Å². The number of rotatable bonds is 7. The van der Waals surface area contributed by atoms with E-state index >= 15 is 0 Å². The Morgan fingerprint density at radius 1 is 1.11 bits per heavy atom. The predicted molar refractivity (Wildman–Crippen MR) is 118 cm³/mol. The van der Waals surface area contributed by atoms with Crippen LogP contribution in [0.15, 0.2) is 23.5 Å². The molecule has 1 aliphatic heterocycles. The van der Waals surface area contributed by atoms with Crippen LogP contribution in [-0.4, -0.2) is 53.2 Å². The fourth-order valence-corrected chi connectivity index (χ4v) is 3.92. The smallest absolute Gasteiger partial charge is 0.165 e. The van der Waals surface area contributed by atoms with Crippen molar-refractivity contribution in [3.05, 3.63) is 40.5 Å². The molecule has 0 aromatic carbocycles. The Hall–Kier alpha value is -2.50. The highest BCUT2D eigenvalue weighted by atomic mass is 15.4. The van der Waals surface area contributed by atoms with Crippen molar-refractivity contribution in [3.63, 3.8) is 0 Å². The molecule has 0 amide bonds. The summed E-state index contributed by atoms with van der Waals surface area (Å²) in [5.74, 6) is 2.28. The standard InChI is InChI=1S/C22H34N6/c1-8-10-27(11-9-2)20-13-16(4)24-22-21(17(5)25-28(20)22)18-14-23-19(26(6)7)12-15(18)3/h12-13,23H,8-11,14H2,1-7H3. The Balaban J connectivity index is 2.19. The second kappa shape index (κ2) is 8.25. The molecule has 0 fully saturated rings. The Labute approximate surface area is 168 Å².